The SMILES string of the molecule is CCOc1ccc(C(=O)N(N)C(=O)C(O)[C@H](N)CC2CCCCC2)cc1. The van der Waals surface area contributed by atoms with Crippen LogP contribution in [0.15, 0.2) is 24.3 Å². The smallest absolute Gasteiger partial charge is 0.274 e. The van der Waals surface area contributed by atoms with Crippen molar-refractivity contribution < 1.29 is 19.4 Å². The van der Waals surface area contributed by atoms with Gasteiger partial charge in [-0.05, 0) is 43.5 Å². The fourth-order valence-electron chi connectivity index (χ4n) is 3.36. The van der Waals surface area contributed by atoms with Crippen molar-refractivity contribution in [3.05, 3.63) is 29.8 Å². The Morgan fingerprint density at radius 1 is 1.23 bits per heavy atom. The van der Waals surface area contributed by atoms with Crippen LogP contribution in [0.5, 0.6) is 5.75 Å². The van der Waals surface area contributed by atoms with E-state index in [0.29, 0.717) is 29.7 Å². The van der Waals surface area contributed by atoms with Gasteiger partial charge in [0, 0.05) is 11.6 Å². The Hall–Kier alpha value is -1.96. The summed E-state index contributed by atoms with van der Waals surface area (Å²) in [7, 11) is 0. The first-order chi connectivity index (χ1) is 12.4. The molecule has 2 atom stereocenters. The van der Waals surface area contributed by atoms with E-state index in [1.165, 1.54) is 18.6 Å². The molecule has 5 N–H and O–H groups in total. The number of rotatable bonds is 7. The van der Waals surface area contributed by atoms with Crippen molar-refractivity contribution in [2.24, 2.45) is 17.5 Å². The summed E-state index contributed by atoms with van der Waals surface area (Å²) in [5.41, 5.74) is 6.23. The zero-order chi connectivity index (χ0) is 19.1. The average Bonchev–Trinajstić information content (AvgIpc) is 2.67. The molecule has 1 unspecified atom stereocenters. The Balaban J connectivity index is 1.94. The minimum Gasteiger partial charge on any atom is -0.494 e. The number of nitrogens with two attached hydrogens (primary N) is 2. The molecule has 0 spiro atoms. The first-order valence-corrected chi connectivity index (χ1v) is 9.23. The van der Waals surface area contributed by atoms with Gasteiger partial charge in [-0.1, -0.05) is 32.1 Å². The minimum absolute atomic E-state index is 0.234. The summed E-state index contributed by atoms with van der Waals surface area (Å²) in [6.45, 7) is 2.37. The van der Waals surface area contributed by atoms with Gasteiger partial charge in [0.05, 0.1) is 6.61 Å². The molecule has 0 aliphatic heterocycles. The Labute approximate surface area is 154 Å². The van der Waals surface area contributed by atoms with Gasteiger partial charge in [0.2, 0.25) is 0 Å². The number of hydrazine groups is 1. The molecule has 1 fully saturated rings. The third-order valence-electron chi connectivity index (χ3n) is 4.86. The third-order valence-corrected chi connectivity index (χ3v) is 4.86. The molecule has 0 heterocycles. The van der Waals surface area contributed by atoms with Crippen molar-refractivity contribution in [3.8, 4) is 5.75 Å². The molecule has 2 rings (SSSR count). The number of amides is 2. The first-order valence-electron chi connectivity index (χ1n) is 9.23. The van der Waals surface area contributed by atoms with Crippen LogP contribution >= 0.6 is 0 Å². The van der Waals surface area contributed by atoms with Gasteiger partial charge in [-0.2, -0.15) is 0 Å². The second-order valence-electron chi connectivity index (χ2n) is 6.82. The van der Waals surface area contributed by atoms with E-state index in [2.05, 4.69) is 0 Å². The molecule has 7 heteroatoms. The average molecular weight is 363 g/mol. The summed E-state index contributed by atoms with van der Waals surface area (Å²) in [6, 6.07) is 5.56. The van der Waals surface area contributed by atoms with E-state index >= 15 is 0 Å². The first kappa shape index (κ1) is 20.4. The zero-order valence-corrected chi connectivity index (χ0v) is 15.3. The molecule has 1 aliphatic rings. The van der Waals surface area contributed by atoms with Gasteiger partial charge in [0.1, 0.15) is 11.9 Å². The summed E-state index contributed by atoms with van der Waals surface area (Å²) in [4.78, 5) is 24.7. The molecule has 0 saturated heterocycles. The minimum atomic E-state index is -1.49. The molecule has 26 heavy (non-hydrogen) atoms. The Morgan fingerprint density at radius 3 is 2.42 bits per heavy atom. The summed E-state index contributed by atoms with van der Waals surface area (Å²) >= 11 is 0. The molecule has 144 valence electrons. The molecular weight excluding hydrogens is 334 g/mol. The van der Waals surface area contributed by atoms with Crippen molar-refractivity contribution in [1.82, 2.24) is 5.01 Å². The molecule has 2 amide bonds. The zero-order valence-electron chi connectivity index (χ0n) is 15.3. The van der Waals surface area contributed by atoms with Gasteiger partial charge in [-0.25, -0.2) is 10.9 Å². The number of aliphatic hydroxyl groups is 1. The summed E-state index contributed by atoms with van der Waals surface area (Å²) in [5, 5.41) is 10.7. The highest BCUT2D eigenvalue weighted by Gasteiger charge is 2.31. The second kappa shape index (κ2) is 9.66. The lowest BCUT2D eigenvalue weighted by Crippen LogP contribution is -2.53. The highest BCUT2D eigenvalue weighted by atomic mass is 16.5. The van der Waals surface area contributed by atoms with E-state index in [9.17, 15) is 14.7 Å². The van der Waals surface area contributed by atoms with Gasteiger partial charge in [-0.15, -0.1) is 0 Å². The van der Waals surface area contributed by atoms with Crippen LogP contribution in [-0.2, 0) is 4.79 Å². The standard InChI is InChI=1S/C19H29N3O4/c1-2-26-15-10-8-14(9-11-15)18(24)22(21)19(25)17(23)16(20)12-13-6-4-3-5-7-13/h8-11,13,16-17,23H,2-7,12,20-21H2,1H3/t16-,17?/m1/s1. The highest BCUT2D eigenvalue weighted by Crippen LogP contribution is 2.27. The molecule has 1 saturated carbocycles. The van der Waals surface area contributed by atoms with E-state index in [0.717, 1.165) is 25.7 Å². The van der Waals surface area contributed by atoms with Crippen molar-refractivity contribution in [1.29, 1.82) is 0 Å². The molecular formula is C19H29N3O4. The van der Waals surface area contributed by atoms with Gasteiger partial charge < -0.3 is 15.6 Å². The molecule has 0 bridgehead atoms. The number of hydrogen-bond acceptors (Lipinski definition) is 6. The molecule has 7 nitrogen and oxygen atoms in total. The van der Waals surface area contributed by atoms with E-state index in [-0.39, 0.29) is 5.56 Å². The fraction of sp³-hybridized carbons (Fsp3) is 0.579. The number of benzene rings is 1. The van der Waals surface area contributed by atoms with Crippen molar-refractivity contribution in [3.63, 3.8) is 0 Å². The van der Waals surface area contributed by atoms with E-state index < -0.39 is 24.0 Å². The monoisotopic (exact) mass is 363 g/mol. The van der Waals surface area contributed by atoms with Gasteiger partial charge in [-0.3, -0.25) is 9.59 Å². The second-order valence-corrected chi connectivity index (χ2v) is 6.82. The molecule has 1 aliphatic carbocycles. The van der Waals surface area contributed by atoms with Crippen molar-refractivity contribution in [2.75, 3.05) is 6.61 Å². The van der Waals surface area contributed by atoms with Crippen LogP contribution in [0.25, 0.3) is 0 Å². The van der Waals surface area contributed by atoms with Gasteiger partial charge in [0.15, 0.2) is 0 Å². The van der Waals surface area contributed by atoms with Crippen LogP contribution in [0.3, 0.4) is 0 Å². The highest BCUT2D eigenvalue weighted by molar-refractivity contribution is 6.05. The van der Waals surface area contributed by atoms with Crippen LogP contribution in [0.4, 0.5) is 0 Å². The molecule has 1 aromatic rings. The number of hydrogen-bond donors (Lipinski definition) is 3. The number of nitrogens with zero attached hydrogens (tertiary/aromatic N) is 1. The quantitative estimate of drug-likeness (QED) is 0.384. The summed E-state index contributed by atoms with van der Waals surface area (Å²) in [5.74, 6) is 5.10. The molecule has 1 aromatic carbocycles. The van der Waals surface area contributed by atoms with Crippen LogP contribution in [0.2, 0.25) is 0 Å². The van der Waals surface area contributed by atoms with Crippen LogP contribution in [-0.4, -0.2) is 40.7 Å². The van der Waals surface area contributed by atoms with Crippen LogP contribution < -0.4 is 16.3 Å². The van der Waals surface area contributed by atoms with Crippen molar-refractivity contribution >= 4 is 11.8 Å². The number of carbonyl (C=O) groups excluding carboxylic acids is 2. The van der Waals surface area contributed by atoms with Gasteiger partial charge >= 0.3 is 0 Å². The lowest BCUT2D eigenvalue weighted by atomic mass is 9.84. The molecule has 0 aromatic heterocycles. The van der Waals surface area contributed by atoms with E-state index in [4.69, 9.17) is 16.3 Å². The topological polar surface area (TPSA) is 119 Å². The largest absolute Gasteiger partial charge is 0.494 e. The number of aliphatic hydroxyl groups excluding tert-OH is 1. The molecule has 0 radical (unpaired) electrons. The van der Waals surface area contributed by atoms with Crippen molar-refractivity contribution in [2.45, 2.75) is 57.6 Å². The van der Waals surface area contributed by atoms with Gasteiger partial charge in [0.25, 0.3) is 11.8 Å². The Kier molecular flexibility index (Phi) is 7.56. The Morgan fingerprint density at radius 2 is 1.85 bits per heavy atom. The van der Waals surface area contributed by atoms with Crippen LogP contribution in [0, 0.1) is 5.92 Å². The lowest BCUT2D eigenvalue weighted by molar-refractivity contribution is -0.138. The number of ether oxygens (including phenoxy) is 1. The van der Waals surface area contributed by atoms with E-state index in [1.54, 1.807) is 12.1 Å². The van der Waals surface area contributed by atoms with Crippen LogP contribution in [0.1, 0.15) is 55.8 Å². The maximum Gasteiger partial charge on any atom is 0.274 e. The number of imide groups is 1. The van der Waals surface area contributed by atoms with E-state index in [1.807, 2.05) is 6.92 Å². The maximum absolute atomic E-state index is 12.4. The summed E-state index contributed by atoms with van der Waals surface area (Å²) in [6.07, 6.45) is 4.71. The third kappa shape index (κ3) is 5.27. The summed E-state index contributed by atoms with van der Waals surface area (Å²) < 4.78 is 5.31. The fourth-order valence-corrected chi connectivity index (χ4v) is 3.36. The normalized spacial score (nSPS) is 17.4. The predicted octanol–water partition coefficient (Wildman–Crippen LogP) is 1.59. The number of carbonyl (C=O) groups is 2. The maximum atomic E-state index is 12.4. The Bertz CT molecular complexity index is 599. The predicted molar refractivity (Wildman–Crippen MR) is 98.1 cm³/mol. The lowest BCUT2D eigenvalue weighted by Gasteiger charge is -2.28.